The highest BCUT2D eigenvalue weighted by Gasteiger charge is 2.17. The van der Waals surface area contributed by atoms with Gasteiger partial charge in [-0.1, -0.05) is 11.6 Å². The van der Waals surface area contributed by atoms with Crippen molar-refractivity contribution in [3.8, 4) is 10.6 Å². The molecule has 3 rings (SSSR count). The number of hydrogen-bond acceptors (Lipinski definition) is 4. The molecule has 0 bridgehead atoms. The van der Waals surface area contributed by atoms with Crippen LogP contribution in [0.4, 0.5) is 4.39 Å². The molecule has 0 saturated carbocycles. The molecule has 1 fully saturated rings. The van der Waals surface area contributed by atoms with Crippen LogP contribution in [0.25, 0.3) is 10.6 Å². The van der Waals surface area contributed by atoms with Gasteiger partial charge in [-0.2, -0.15) is 0 Å². The summed E-state index contributed by atoms with van der Waals surface area (Å²) in [5.41, 5.74) is 1.40. The first-order valence-electron chi connectivity index (χ1n) is 8.98. The van der Waals surface area contributed by atoms with E-state index in [2.05, 4.69) is 15.2 Å². The number of hydrogen-bond donors (Lipinski definition) is 1. The molecular formula is C19H23ClFN3OS. The second-order valence-electron chi connectivity index (χ2n) is 6.57. The summed E-state index contributed by atoms with van der Waals surface area (Å²) in [4.78, 5) is 19.9. The molecule has 4 nitrogen and oxygen atoms in total. The molecule has 1 aromatic heterocycles. The molecule has 1 aromatic carbocycles. The first-order valence-corrected chi connectivity index (χ1v) is 10.2. The zero-order valence-corrected chi connectivity index (χ0v) is 16.4. The van der Waals surface area contributed by atoms with E-state index in [1.807, 2.05) is 6.92 Å². The predicted octanol–water partition coefficient (Wildman–Crippen LogP) is 4.52. The number of amides is 1. The summed E-state index contributed by atoms with van der Waals surface area (Å²) in [5.74, 6) is -0.559. The maximum absolute atomic E-state index is 13.3. The van der Waals surface area contributed by atoms with Crippen molar-refractivity contribution >= 4 is 28.8 Å². The quantitative estimate of drug-likeness (QED) is 0.701. The van der Waals surface area contributed by atoms with Crippen molar-refractivity contribution in [3.63, 3.8) is 0 Å². The van der Waals surface area contributed by atoms with Gasteiger partial charge in [0.15, 0.2) is 0 Å². The van der Waals surface area contributed by atoms with Crippen LogP contribution in [-0.2, 0) is 0 Å². The summed E-state index contributed by atoms with van der Waals surface area (Å²) in [7, 11) is 0. The molecule has 1 amide bonds. The Morgan fingerprint density at radius 2 is 2.12 bits per heavy atom. The van der Waals surface area contributed by atoms with Gasteiger partial charge in [0.25, 0.3) is 5.91 Å². The minimum atomic E-state index is -0.462. The van der Waals surface area contributed by atoms with Crippen molar-refractivity contribution in [2.75, 3.05) is 26.2 Å². The van der Waals surface area contributed by atoms with Crippen molar-refractivity contribution in [1.82, 2.24) is 15.2 Å². The molecule has 26 heavy (non-hydrogen) atoms. The summed E-state index contributed by atoms with van der Waals surface area (Å²) in [6.07, 6.45) is 4.69. The third-order valence-corrected chi connectivity index (χ3v) is 6.05. The third kappa shape index (κ3) is 4.81. The normalized spacial score (nSPS) is 14.7. The Bertz CT molecular complexity index is 774. The van der Waals surface area contributed by atoms with E-state index < -0.39 is 5.82 Å². The zero-order valence-electron chi connectivity index (χ0n) is 14.9. The summed E-state index contributed by atoms with van der Waals surface area (Å²) >= 11 is 7.14. The molecule has 140 valence electrons. The molecule has 0 aliphatic carbocycles. The van der Waals surface area contributed by atoms with E-state index in [0.717, 1.165) is 19.4 Å². The van der Waals surface area contributed by atoms with E-state index in [1.165, 1.54) is 49.4 Å². The average Bonchev–Trinajstić information content (AvgIpc) is 3.26. The van der Waals surface area contributed by atoms with Gasteiger partial charge < -0.3 is 10.2 Å². The summed E-state index contributed by atoms with van der Waals surface area (Å²) in [6.45, 7) is 6.02. The lowest BCUT2D eigenvalue weighted by Crippen LogP contribution is -2.26. The van der Waals surface area contributed by atoms with Gasteiger partial charge in [0.2, 0.25) is 0 Å². The number of carbonyl (C=O) groups excluding carboxylic acids is 1. The Balaban J connectivity index is 1.52. The van der Waals surface area contributed by atoms with Crippen molar-refractivity contribution in [2.45, 2.75) is 32.6 Å². The fourth-order valence-electron chi connectivity index (χ4n) is 3.11. The fraction of sp³-hybridized carbons (Fsp3) is 0.474. The molecule has 1 saturated heterocycles. The molecule has 0 atom stereocenters. The van der Waals surface area contributed by atoms with Gasteiger partial charge in [-0.3, -0.25) is 4.79 Å². The van der Waals surface area contributed by atoms with Gasteiger partial charge in [-0.05, 0) is 70.4 Å². The van der Waals surface area contributed by atoms with Crippen LogP contribution in [0.5, 0.6) is 0 Å². The van der Waals surface area contributed by atoms with Crippen LogP contribution >= 0.6 is 22.9 Å². The number of benzene rings is 1. The van der Waals surface area contributed by atoms with Crippen LogP contribution < -0.4 is 5.32 Å². The lowest BCUT2D eigenvalue weighted by atomic mass is 10.2. The molecule has 1 aliphatic rings. The Hall–Kier alpha value is -1.50. The Morgan fingerprint density at radius 3 is 2.85 bits per heavy atom. The van der Waals surface area contributed by atoms with Crippen LogP contribution in [0.2, 0.25) is 5.02 Å². The molecule has 1 aliphatic heterocycles. The molecule has 2 aromatic rings. The molecular weight excluding hydrogens is 373 g/mol. The number of aryl methyl sites for hydroxylation is 1. The van der Waals surface area contributed by atoms with E-state index in [4.69, 9.17) is 11.6 Å². The number of aromatic nitrogens is 1. The van der Waals surface area contributed by atoms with Crippen molar-refractivity contribution < 1.29 is 9.18 Å². The van der Waals surface area contributed by atoms with Crippen LogP contribution in [0.1, 0.15) is 41.0 Å². The standard InChI is InChI=1S/C19H23ClFN3OS/c1-13-17(18(25)22-8-2-3-9-24-10-4-5-11-24)26-19(23-13)14-6-7-16(21)15(20)12-14/h6-7,12H,2-5,8-11H2,1H3,(H,22,25). The summed E-state index contributed by atoms with van der Waals surface area (Å²) in [6, 6.07) is 4.48. The lowest BCUT2D eigenvalue weighted by molar-refractivity contribution is 0.0956. The molecule has 0 radical (unpaired) electrons. The van der Waals surface area contributed by atoms with Gasteiger partial charge in [0, 0.05) is 12.1 Å². The monoisotopic (exact) mass is 395 g/mol. The number of nitrogens with one attached hydrogen (secondary N) is 1. The van der Waals surface area contributed by atoms with Gasteiger partial charge in [-0.25, -0.2) is 9.37 Å². The smallest absolute Gasteiger partial charge is 0.263 e. The van der Waals surface area contributed by atoms with Crippen molar-refractivity contribution in [2.24, 2.45) is 0 Å². The van der Waals surface area contributed by atoms with Gasteiger partial charge >= 0.3 is 0 Å². The average molecular weight is 396 g/mol. The summed E-state index contributed by atoms with van der Waals surface area (Å²) < 4.78 is 13.3. The molecule has 0 spiro atoms. The van der Waals surface area contributed by atoms with Crippen LogP contribution in [-0.4, -0.2) is 42.0 Å². The fourth-order valence-corrected chi connectivity index (χ4v) is 4.27. The number of halogens is 2. The maximum Gasteiger partial charge on any atom is 0.263 e. The minimum absolute atomic E-state index is 0.0550. The van der Waals surface area contributed by atoms with Gasteiger partial charge in [-0.15, -0.1) is 11.3 Å². The SMILES string of the molecule is Cc1nc(-c2ccc(F)c(Cl)c2)sc1C(=O)NCCCCN1CCCC1. The largest absolute Gasteiger partial charge is 0.351 e. The number of thiazole rings is 1. The maximum atomic E-state index is 13.3. The first kappa shape index (κ1) is 19.3. The Labute approximate surface area is 162 Å². The number of nitrogens with zero attached hydrogens (tertiary/aromatic N) is 2. The zero-order chi connectivity index (χ0) is 18.5. The van der Waals surface area contributed by atoms with Gasteiger partial charge in [0.05, 0.1) is 10.7 Å². The molecule has 2 heterocycles. The highest BCUT2D eigenvalue weighted by molar-refractivity contribution is 7.17. The topological polar surface area (TPSA) is 45.2 Å². The number of rotatable bonds is 7. The summed E-state index contributed by atoms with van der Waals surface area (Å²) in [5, 5.41) is 3.70. The van der Waals surface area contributed by atoms with E-state index >= 15 is 0 Å². The second-order valence-corrected chi connectivity index (χ2v) is 7.98. The molecule has 1 N–H and O–H groups in total. The van der Waals surface area contributed by atoms with E-state index in [9.17, 15) is 9.18 Å². The third-order valence-electron chi connectivity index (χ3n) is 4.55. The van der Waals surface area contributed by atoms with E-state index in [1.54, 1.807) is 6.07 Å². The first-order chi connectivity index (χ1) is 12.5. The van der Waals surface area contributed by atoms with Gasteiger partial charge in [0.1, 0.15) is 15.7 Å². The molecule has 7 heteroatoms. The van der Waals surface area contributed by atoms with Crippen LogP contribution in [0, 0.1) is 12.7 Å². The van der Waals surface area contributed by atoms with Crippen LogP contribution in [0.3, 0.4) is 0 Å². The predicted molar refractivity (Wildman–Crippen MR) is 104 cm³/mol. The highest BCUT2D eigenvalue weighted by Crippen LogP contribution is 2.30. The Morgan fingerprint density at radius 1 is 1.35 bits per heavy atom. The molecule has 0 unspecified atom stereocenters. The number of carbonyl (C=O) groups is 1. The van der Waals surface area contributed by atoms with Crippen molar-refractivity contribution in [3.05, 3.63) is 39.6 Å². The van der Waals surface area contributed by atoms with E-state index in [-0.39, 0.29) is 10.9 Å². The second kappa shape index (κ2) is 8.93. The Kier molecular flexibility index (Phi) is 6.62. The van der Waals surface area contributed by atoms with Crippen LogP contribution in [0.15, 0.2) is 18.2 Å². The highest BCUT2D eigenvalue weighted by atomic mass is 35.5. The lowest BCUT2D eigenvalue weighted by Gasteiger charge is -2.13. The number of likely N-dealkylation sites (tertiary alicyclic amines) is 1. The number of unbranched alkanes of at least 4 members (excludes halogenated alkanes) is 1. The van der Waals surface area contributed by atoms with E-state index in [0.29, 0.717) is 27.7 Å². The minimum Gasteiger partial charge on any atom is -0.351 e. The van der Waals surface area contributed by atoms with Crippen molar-refractivity contribution in [1.29, 1.82) is 0 Å².